The van der Waals surface area contributed by atoms with E-state index in [1.54, 1.807) is 0 Å². The van der Waals surface area contributed by atoms with E-state index in [-0.39, 0.29) is 5.91 Å². The molecule has 0 aromatic heterocycles. The second kappa shape index (κ2) is 6.03. The van der Waals surface area contributed by atoms with Crippen LogP contribution < -0.4 is 5.32 Å². The molecule has 100 valence electrons. The number of hydrogen-bond donors (Lipinski definition) is 1. The van der Waals surface area contributed by atoms with Crippen molar-refractivity contribution in [3.8, 4) is 6.07 Å². The van der Waals surface area contributed by atoms with Gasteiger partial charge in [0.2, 0.25) is 0 Å². The van der Waals surface area contributed by atoms with Crippen LogP contribution in [0.25, 0.3) is 0 Å². The van der Waals surface area contributed by atoms with Crippen molar-refractivity contribution in [3.05, 3.63) is 64.7 Å². The number of amides is 1. The molecule has 2 aromatic rings. The average Bonchev–Trinajstić information content (AvgIpc) is 2.41. The standard InChI is InChI=1S/C17H16N2O/c1-12-3-8-16(13(2)11-12)17(20)19-15-6-4-14(5-7-15)9-10-18/h3-8,11H,9H2,1-2H3,(H,19,20). The van der Waals surface area contributed by atoms with Crippen molar-refractivity contribution in [2.75, 3.05) is 5.32 Å². The number of nitrogens with zero attached hydrogens (tertiary/aromatic N) is 1. The maximum absolute atomic E-state index is 12.2. The molecule has 3 nitrogen and oxygen atoms in total. The molecule has 0 saturated heterocycles. The van der Waals surface area contributed by atoms with Gasteiger partial charge in [-0.25, -0.2) is 0 Å². The Morgan fingerprint density at radius 3 is 2.45 bits per heavy atom. The molecule has 0 aliphatic rings. The molecule has 20 heavy (non-hydrogen) atoms. The van der Waals surface area contributed by atoms with Crippen molar-refractivity contribution in [1.29, 1.82) is 5.26 Å². The molecule has 1 amide bonds. The number of carbonyl (C=O) groups is 1. The first-order valence-electron chi connectivity index (χ1n) is 6.44. The molecular formula is C17H16N2O. The molecule has 0 unspecified atom stereocenters. The number of aryl methyl sites for hydroxylation is 2. The van der Waals surface area contributed by atoms with Crippen molar-refractivity contribution in [2.24, 2.45) is 0 Å². The third kappa shape index (κ3) is 3.24. The van der Waals surface area contributed by atoms with Gasteiger partial charge in [0.15, 0.2) is 0 Å². The highest BCUT2D eigenvalue weighted by Gasteiger charge is 2.09. The lowest BCUT2D eigenvalue weighted by molar-refractivity contribution is 0.102. The maximum Gasteiger partial charge on any atom is 0.255 e. The van der Waals surface area contributed by atoms with Crippen molar-refractivity contribution >= 4 is 11.6 Å². The van der Waals surface area contributed by atoms with Crippen LogP contribution >= 0.6 is 0 Å². The Balaban J connectivity index is 2.13. The van der Waals surface area contributed by atoms with Gasteiger partial charge in [0.05, 0.1) is 12.5 Å². The van der Waals surface area contributed by atoms with Crippen molar-refractivity contribution in [3.63, 3.8) is 0 Å². The monoisotopic (exact) mass is 264 g/mol. The van der Waals surface area contributed by atoms with E-state index in [1.807, 2.05) is 56.3 Å². The summed E-state index contributed by atoms with van der Waals surface area (Å²) in [6.07, 6.45) is 0.380. The van der Waals surface area contributed by atoms with Gasteiger partial charge in [-0.1, -0.05) is 29.8 Å². The molecule has 2 rings (SSSR count). The fraction of sp³-hybridized carbons (Fsp3) is 0.176. The van der Waals surface area contributed by atoms with Crippen LogP contribution in [-0.2, 0) is 6.42 Å². The predicted molar refractivity (Wildman–Crippen MR) is 79.6 cm³/mol. The van der Waals surface area contributed by atoms with Crippen LogP contribution in [0.3, 0.4) is 0 Å². The molecule has 0 aliphatic carbocycles. The average molecular weight is 264 g/mol. The minimum atomic E-state index is -0.115. The van der Waals surface area contributed by atoms with Crippen LogP contribution in [0.2, 0.25) is 0 Å². The zero-order valence-corrected chi connectivity index (χ0v) is 11.6. The van der Waals surface area contributed by atoms with Gasteiger partial charge in [-0.05, 0) is 43.2 Å². The minimum Gasteiger partial charge on any atom is -0.322 e. The van der Waals surface area contributed by atoms with E-state index in [2.05, 4.69) is 11.4 Å². The van der Waals surface area contributed by atoms with Gasteiger partial charge in [-0.2, -0.15) is 5.26 Å². The number of anilines is 1. The molecule has 0 heterocycles. The first-order valence-corrected chi connectivity index (χ1v) is 6.44. The van der Waals surface area contributed by atoms with E-state index < -0.39 is 0 Å². The second-order valence-electron chi connectivity index (χ2n) is 4.80. The second-order valence-corrected chi connectivity index (χ2v) is 4.80. The number of rotatable bonds is 3. The Hall–Kier alpha value is -2.60. The van der Waals surface area contributed by atoms with Gasteiger partial charge in [-0.15, -0.1) is 0 Å². The lowest BCUT2D eigenvalue weighted by Gasteiger charge is -2.08. The Morgan fingerprint density at radius 1 is 1.15 bits per heavy atom. The van der Waals surface area contributed by atoms with Gasteiger partial charge < -0.3 is 5.32 Å². The van der Waals surface area contributed by atoms with Crippen LogP contribution in [-0.4, -0.2) is 5.91 Å². The maximum atomic E-state index is 12.2. The molecular weight excluding hydrogens is 248 g/mol. The number of nitriles is 1. The van der Waals surface area contributed by atoms with E-state index in [1.165, 1.54) is 0 Å². The van der Waals surface area contributed by atoms with E-state index in [0.717, 1.165) is 22.4 Å². The number of nitrogens with one attached hydrogen (secondary N) is 1. The summed E-state index contributed by atoms with van der Waals surface area (Å²) in [7, 11) is 0. The molecule has 0 spiro atoms. The van der Waals surface area contributed by atoms with Gasteiger partial charge >= 0.3 is 0 Å². The van der Waals surface area contributed by atoms with Crippen LogP contribution in [0.1, 0.15) is 27.0 Å². The molecule has 0 bridgehead atoms. The molecule has 0 atom stereocenters. The largest absolute Gasteiger partial charge is 0.322 e. The summed E-state index contributed by atoms with van der Waals surface area (Å²) in [6.45, 7) is 3.93. The first kappa shape index (κ1) is 13.8. The zero-order chi connectivity index (χ0) is 14.5. The summed E-state index contributed by atoms with van der Waals surface area (Å²) < 4.78 is 0. The van der Waals surface area contributed by atoms with Gasteiger partial charge in [-0.3, -0.25) is 4.79 Å². The third-order valence-electron chi connectivity index (χ3n) is 3.12. The first-order chi connectivity index (χ1) is 9.60. The fourth-order valence-corrected chi connectivity index (χ4v) is 2.06. The SMILES string of the molecule is Cc1ccc(C(=O)Nc2ccc(CC#N)cc2)c(C)c1. The van der Waals surface area contributed by atoms with E-state index >= 15 is 0 Å². The summed E-state index contributed by atoms with van der Waals surface area (Å²) >= 11 is 0. The summed E-state index contributed by atoms with van der Waals surface area (Å²) in [5.74, 6) is -0.115. The lowest BCUT2D eigenvalue weighted by Crippen LogP contribution is -2.13. The third-order valence-corrected chi connectivity index (χ3v) is 3.12. The highest BCUT2D eigenvalue weighted by Crippen LogP contribution is 2.15. The highest BCUT2D eigenvalue weighted by atomic mass is 16.1. The molecule has 2 aromatic carbocycles. The molecule has 0 fully saturated rings. The summed E-state index contributed by atoms with van der Waals surface area (Å²) in [5.41, 5.74) is 4.45. The normalized spacial score (nSPS) is 9.85. The molecule has 3 heteroatoms. The number of benzene rings is 2. The molecule has 0 saturated carbocycles. The zero-order valence-electron chi connectivity index (χ0n) is 11.6. The summed E-state index contributed by atoms with van der Waals surface area (Å²) in [4.78, 5) is 12.2. The summed E-state index contributed by atoms with van der Waals surface area (Å²) in [5, 5.41) is 11.5. The Kier molecular flexibility index (Phi) is 4.17. The van der Waals surface area contributed by atoms with Gasteiger partial charge in [0, 0.05) is 11.3 Å². The topological polar surface area (TPSA) is 52.9 Å². The van der Waals surface area contributed by atoms with Gasteiger partial charge in [0.25, 0.3) is 5.91 Å². The van der Waals surface area contributed by atoms with Crippen LogP contribution in [0.5, 0.6) is 0 Å². The lowest BCUT2D eigenvalue weighted by atomic mass is 10.1. The van der Waals surface area contributed by atoms with Crippen LogP contribution in [0.4, 0.5) is 5.69 Å². The van der Waals surface area contributed by atoms with Crippen LogP contribution in [0.15, 0.2) is 42.5 Å². The highest BCUT2D eigenvalue weighted by molar-refractivity contribution is 6.05. The van der Waals surface area contributed by atoms with E-state index in [0.29, 0.717) is 12.0 Å². The quantitative estimate of drug-likeness (QED) is 0.920. The summed E-state index contributed by atoms with van der Waals surface area (Å²) in [6, 6.07) is 15.2. The van der Waals surface area contributed by atoms with Crippen LogP contribution in [0, 0.1) is 25.2 Å². The smallest absolute Gasteiger partial charge is 0.255 e. The number of carbonyl (C=O) groups excluding carboxylic acids is 1. The van der Waals surface area contributed by atoms with Gasteiger partial charge in [0.1, 0.15) is 0 Å². The number of hydrogen-bond acceptors (Lipinski definition) is 2. The Bertz CT molecular complexity index is 666. The Labute approximate surface area is 118 Å². The molecule has 0 radical (unpaired) electrons. The minimum absolute atomic E-state index is 0.115. The molecule has 1 N–H and O–H groups in total. The fourth-order valence-electron chi connectivity index (χ4n) is 2.06. The van der Waals surface area contributed by atoms with Crippen molar-refractivity contribution in [2.45, 2.75) is 20.3 Å². The van der Waals surface area contributed by atoms with E-state index in [9.17, 15) is 4.79 Å². The predicted octanol–water partition coefficient (Wildman–Crippen LogP) is 3.62. The Morgan fingerprint density at radius 2 is 1.85 bits per heavy atom. The van der Waals surface area contributed by atoms with Crippen molar-refractivity contribution < 1.29 is 4.79 Å². The van der Waals surface area contributed by atoms with E-state index in [4.69, 9.17) is 5.26 Å². The van der Waals surface area contributed by atoms with Crippen molar-refractivity contribution in [1.82, 2.24) is 0 Å². The molecule has 0 aliphatic heterocycles.